The second kappa shape index (κ2) is 6.58. The molecule has 1 aliphatic heterocycles. The minimum atomic E-state index is 0. The van der Waals surface area contributed by atoms with Gasteiger partial charge in [-0.1, -0.05) is 30.3 Å². The summed E-state index contributed by atoms with van der Waals surface area (Å²) in [6, 6.07) is 15.0. The second-order valence-corrected chi connectivity index (χ2v) is 4.91. The fourth-order valence-corrected chi connectivity index (χ4v) is 2.54. The summed E-state index contributed by atoms with van der Waals surface area (Å²) in [6.45, 7) is 3.37. The molecule has 100 valence electrons. The molecular weight excluding hydrogens is 256 g/mol. The van der Waals surface area contributed by atoms with Gasteiger partial charge in [0, 0.05) is 36.5 Å². The van der Waals surface area contributed by atoms with Gasteiger partial charge in [-0.25, -0.2) is 4.57 Å². The zero-order chi connectivity index (χ0) is 12.2. The molecule has 0 saturated carbocycles. The van der Waals surface area contributed by atoms with Gasteiger partial charge < -0.3 is 4.90 Å². The van der Waals surface area contributed by atoms with Crippen molar-refractivity contribution in [3.8, 4) is 0 Å². The van der Waals surface area contributed by atoms with E-state index in [2.05, 4.69) is 64.3 Å². The van der Waals surface area contributed by atoms with E-state index < -0.39 is 0 Å². The lowest BCUT2D eigenvalue weighted by Gasteiger charge is -2.16. The Hall–Kier alpha value is -1.54. The van der Waals surface area contributed by atoms with Gasteiger partial charge in [-0.3, -0.25) is 0 Å². The van der Waals surface area contributed by atoms with E-state index in [1.807, 2.05) is 0 Å². The molecule has 2 heterocycles. The summed E-state index contributed by atoms with van der Waals surface area (Å²) >= 11 is 0. The lowest BCUT2D eigenvalue weighted by atomic mass is 10.2. The van der Waals surface area contributed by atoms with Gasteiger partial charge in [0.15, 0.2) is 18.9 Å². The largest absolute Gasteiger partial charge is 0.371 e. The predicted molar refractivity (Wildman–Crippen MR) is 80.9 cm³/mol. The van der Waals surface area contributed by atoms with Crippen LogP contribution in [0.25, 0.3) is 0 Å². The van der Waals surface area contributed by atoms with Gasteiger partial charge in [-0.2, -0.15) is 0 Å². The van der Waals surface area contributed by atoms with Crippen molar-refractivity contribution in [2.75, 3.05) is 18.0 Å². The van der Waals surface area contributed by atoms with Gasteiger partial charge in [0.1, 0.15) is 0 Å². The summed E-state index contributed by atoms with van der Waals surface area (Å²) in [5.41, 5.74) is 2.70. The molecule has 2 aromatic rings. The van der Waals surface area contributed by atoms with Crippen LogP contribution in [0.3, 0.4) is 0 Å². The zero-order valence-electron chi connectivity index (χ0n) is 11.0. The first-order valence-electron chi connectivity index (χ1n) is 6.70. The molecule has 0 atom stereocenters. The first-order chi connectivity index (χ1) is 8.92. The van der Waals surface area contributed by atoms with E-state index in [1.54, 1.807) is 0 Å². The Morgan fingerprint density at radius 3 is 2.16 bits per heavy atom. The van der Waals surface area contributed by atoms with Gasteiger partial charge in [0.25, 0.3) is 0 Å². The monoisotopic (exact) mass is 275 g/mol. The standard InChI is InChI=1S/C16H19N2.ClH/c1-2-6-15(7-3-1)14-17-12-8-16(9-13-17)18-10-4-5-11-18;/h1-3,6-9,12-13H,4-5,10-11,14H2;1H/q+1;. The summed E-state index contributed by atoms with van der Waals surface area (Å²) in [5.74, 6) is 0. The van der Waals surface area contributed by atoms with Crippen molar-refractivity contribution < 1.29 is 4.57 Å². The first kappa shape index (κ1) is 13.9. The molecule has 0 aliphatic carbocycles. The van der Waals surface area contributed by atoms with Crippen LogP contribution in [-0.2, 0) is 6.54 Å². The van der Waals surface area contributed by atoms with Gasteiger partial charge in [0.2, 0.25) is 0 Å². The Morgan fingerprint density at radius 2 is 1.53 bits per heavy atom. The van der Waals surface area contributed by atoms with Crippen molar-refractivity contribution in [1.82, 2.24) is 0 Å². The van der Waals surface area contributed by atoms with E-state index >= 15 is 0 Å². The van der Waals surface area contributed by atoms with Crippen LogP contribution in [0.5, 0.6) is 0 Å². The van der Waals surface area contributed by atoms with Crippen molar-refractivity contribution in [2.45, 2.75) is 19.4 Å². The summed E-state index contributed by atoms with van der Waals surface area (Å²) in [6.07, 6.45) is 7.03. The van der Waals surface area contributed by atoms with Crippen LogP contribution in [0.4, 0.5) is 5.69 Å². The third-order valence-electron chi connectivity index (χ3n) is 3.55. The molecule has 3 rings (SSSR count). The number of pyridine rings is 1. The molecule has 1 aromatic heterocycles. The Balaban J connectivity index is 0.00000133. The van der Waals surface area contributed by atoms with Gasteiger partial charge >= 0.3 is 0 Å². The van der Waals surface area contributed by atoms with Crippen molar-refractivity contribution >= 4 is 18.1 Å². The molecule has 0 unspecified atom stereocenters. The average molecular weight is 276 g/mol. The van der Waals surface area contributed by atoms with E-state index in [0.29, 0.717) is 0 Å². The molecule has 3 heteroatoms. The van der Waals surface area contributed by atoms with Crippen LogP contribution in [0.15, 0.2) is 54.9 Å². The Kier molecular flexibility index (Phi) is 4.80. The molecule has 1 fully saturated rings. The quantitative estimate of drug-likeness (QED) is 0.781. The second-order valence-electron chi connectivity index (χ2n) is 4.91. The molecule has 1 saturated heterocycles. The molecule has 1 aliphatic rings. The van der Waals surface area contributed by atoms with E-state index in [4.69, 9.17) is 0 Å². The van der Waals surface area contributed by atoms with Crippen LogP contribution < -0.4 is 9.47 Å². The predicted octanol–water partition coefficient (Wildman–Crippen LogP) is 3.04. The van der Waals surface area contributed by atoms with Crippen molar-refractivity contribution in [2.24, 2.45) is 0 Å². The molecule has 2 nitrogen and oxygen atoms in total. The minimum Gasteiger partial charge on any atom is -0.371 e. The van der Waals surface area contributed by atoms with Crippen LogP contribution >= 0.6 is 12.4 Å². The third-order valence-corrected chi connectivity index (χ3v) is 3.55. The lowest BCUT2D eigenvalue weighted by Crippen LogP contribution is -2.33. The molecule has 0 spiro atoms. The van der Waals surface area contributed by atoms with Gasteiger partial charge in [-0.05, 0) is 12.8 Å². The van der Waals surface area contributed by atoms with Crippen LogP contribution in [0.2, 0.25) is 0 Å². The van der Waals surface area contributed by atoms with E-state index in [9.17, 15) is 0 Å². The fraction of sp³-hybridized carbons (Fsp3) is 0.312. The maximum absolute atomic E-state index is 2.47. The molecule has 0 bridgehead atoms. The molecule has 19 heavy (non-hydrogen) atoms. The van der Waals surface area contributed by atoms with Crippen molar-refractivity contribution in [1.29, 1.82) is 0 Å². The number of hydrogen-bond donors (Lipinski definition) is 0. The zero-order valence-corrected chi connectivity index (χ0v) is 11.9. The first-order valence-corrected chi connectivity index (χ1v) is 6.70. The van der Waals surface area contributed by atoms with E-state index in [1.165, 1.54) is 37.2 Å². The fourth-order valence-electron chi connectivity index (χ4n) is 2.54. The van der Waals surface area contributed by atoms with E-state index in [0.717, 1.165) is 6.54 Å². The van der Waals surface area contributed by atoms with Crippen LogP contribution in [-0.4, -0.2) is 13.1 Å². The number of hydrogen-bond acceptors (Lipinski definition) is 1. The number of anilines is 1. The third kappa shape index (κ3) is 3.48. The number of aromatic nitrogens is 1. The van der Waals surface area contributed by atoms with Crippen molar-refractivity contribution in [3.63, 3.8) is 0 Å². The summed E-state index contributed by atoms with van der Waals surface area (Å²) in [7, 11) is 0. The highest BCUT2D eigenvalue weighted by Gasteiger charge is 2.13. The maximum atomic E-state index is 2.47. The Morgan fingerprint density at radius 1 is 0.895 bits per heavy atom. The molecule has 0 radical (unpaired) electrons. The smallest absolute Gasteiger partial charge is 0.173 e. The summed E-state index contributed by atoms with van der Waals surface area (Å²) in [5, 5.41) is 0. The topological polar surface area (TPSA) is 7.12 Å². The molecular formula is C16H20ClN2+. The molecule has 0 N–H and O–H groups in total. The van der Waals surface area contributed by atoms with Crippen molar-refractivity contribution in [3.05, 3.63) is 60.4 Å². The highest BCUT2D eigenvalue weighted by atomic mass is 35.5. The van der Waals surface area contributed by atoms with Crippen LogP contribution in [0, 0.1) is 0 Å². The van der Waals surface area contributed by atoms with Crippen LogP contribution in [0.1, 0.15) is 18.4 Å². The Labute approximate surface area is 121 Å². The number of benzene rings is 1. The normalized spacial score (nSPS) is 14.2. The van der Waals surface area contributed by atoms with Gasteiger partial charge in [0.05, 0.1) is 0 Å². The van der Waals surface area contributed by atoms with Gasteiger partial charge in [-0.15, -0.1) is 12.4 Å². The van der Waals surface area contributed by atoms with E-state index in [-0.39, 0.29) is 12.4 Å². The summed E-state index contributed by atoms with van der Waals surface area (Å²) < 4.78 is 2.23. The maximum Gasteiger partial charge on any atom is 0.173 e. The number of rotatable bonds is 3. The lowest BCUT2D eigenvalue weighted by molar-refractivity contribution is -0.688. The number of halogens is 1. The molecule has 0 amide bonds. The Bertz CT molecular complexity index is 490. The highest BCUT2D eigenvalue weighted by Crippen LogP contribution is 2.17. The highest BCUT2D eigenvalue weighted by molar-refractivity contribution is 5.85. The minimum absolute atomic E-state index is 0. The number of nitrogens with zero attached hydrogens (tertiary/aromatic N) is 2. The SMILES string of the molecule is Cl.c1ccc(C[n+]2ccc(N3CCCC3)cc2)cc1. The average Bonchev–Trinajstić information content (AvgIpc) is 2.95. The molecule has 1 aromatic carbocycles. The summed E-state index contributed by atoms with van der Waals surface area (Å²) in [4.78, 5) is 2.47.